The average molecular weight is 225 g/mol. The van der Waals surface area contributed by atoms with Gasteiger partial charge in [0.05, 0.1) is 13.2 Å². The Labute approximate surface area is 100 Å². The summed E-state index contributed by atoms with van der Waals surface area (Å²) in [7, 11) is 0. The molecule has 0 aliphatic carbocycles. The van der Waals surface area contributed by atoms with Gasteiger partial charge in [0, 0.05) is 23.5 Å². The van der Waals surface area contributed by atoms with Gasteiger partial charge in [-0.25, -0.2) is 0 Å². The second-order valence-electron chi connectivity index (χ2n) is 7.30. The van der Waals surface area contributed by atoms with Crippen LogP contribution in [-0.4, -0.2) is 35.7 Å². The molecule has 0 saturated carbocycles. The largest absolute Gasteiger partial charge is 0.381 e. The van der Waals surface area contributed by atoms with Gasteiger partial charge in [0.1, 0.15) is 0 Å². The molecule has 0 spiro atoms. The minimum atomic E-state index is 0.300. The number of hydrogen-bond acceptors (Lipinski definition) is 2. The van der Waals surface area contributed by atoms with Crippen molar-refractivity contribution in [1.29, 1.82) is 0 Å². The molecule has 2 fully saturated rings. The summed E-state index contributed by atoms with van der Waals surface area (Å²) in [5.41, 5.74) is 0.669. The van der Waals surface area contributed by atoms with Crippen molar-refractivity contribution >= 4 is 0 Å². The molecule has 0 amide bonds. The van der Waals surface area contributed by atoms with Crippen LogP contribution in [0, 0.1) is 11.8 Å². The first-order valence-electron chi connectivity index (χ1n) is 6.64. The third-order valence-electron chi connectivity index (χ3n) is 4.14. The number of rotatable bonds is 2. The molecule has 1 atom stereocenters. The Bertz CT molecular complexity index is 250. The highest BCUT2D eigenvalue weighted by Crippen LogP contribution is 2.40. The number of likely N-dealkylation sites (tertiary alicyclic amines) is 1. The molecule has 2 heterocycles. The van der Waals surface area contributed by atoms with E-state index in [-0.39, 0.29) is 0 Å². The lowest BCUT2D eigenvalue weighted by Crippen LogP contribution is -2.50. The van der Waals surface area contributed by atoms with E-state index >= 15 is 0 Å². The molecular weight excluding hydrogens is 198 g/mol. The zero-order valence-electron chi connectivity index (χ0n) is 11.5. The van der Waals surface area contributed by atoms with Crippen molar-refractivity contribution in [3.05, 3.63) is 0 Å². The molecule has 0 unspecified atom stereocenters. The summed E-state index contributed by atoms with van der Waals surface area (Å²) in [4.78, 5) is 2.68. The Morgan fingerprint density at radius 1 is 1.19 bits per heavy atom. The zero-order valence-corrected chi connectivity index (χ0v) is 11.5. The van der Waals surface area contributed by atoms with Crippen molar-refractivity contribution in [2.45, 2.75) is 58.5 Å². The van der Waals surface area contributed by atoms with Gasteiger partial charge in [0.2, 0.25) is 0 Å². The van der Waals surface area contributed by atoms with Crippen LogP contribution in [0.3, 0.4) is 0 Å². The van der Waals surface area contributed by atoms with Crippen LogP contribution in [0.25, 0.3) is 0 Å². The molecule has 2 nitrogen and oxygen atoms in total. The molecule has 0 aromatic carbocycles. The lowest BCUT2D eigenvalue weighted by Gasteiger charge is -2.42. The highest BCUT2D eigenvalue weighted by atomic mass is 16.5. The quantitative estimate of drug-likeness (QED) is 0.716. The van der Waals surface area contributed by atoms with Gasteiger partial charge in [0.25, 0.3) is 0 Å². The fraction of sp³-hybridized carbons (Fsp3) is 1.00. The van der Waals surface area contributed by atoms with Crippen molar-refractivity contribution in [3.63, 3.8) is 0 Å². The van der Waals surface area contributed by atoms with Gasteiger partial charge in [-0.05, 0) is 53.4 Å². The maximum atomic E-state index is 5.28. The lowest BCUT2D eigenvalue weighted by molar-refractivity contribution is -0.0423. The molecule has 0 N–H and O–H groups in total. The predicted molar refractivity (Wildman–Crippen MR) is 67.6 cm³/mol. The number of nitrogens with zero attached hydrogens (tertiary/aromatic N) is 1. The first-order valence-corrected chi connectivity index (χ1v) is 6.64. The van der Waals surface area contributed by atoms with Gasteiger partial charge < -0.3 is 4.74 Å². The van der Waals surface area contributed by atoms with E-state index in [1.54, 1.807) is 0 Å². The van der Waals surface area contributed by atoms with E-state index in [9.17, 15) is 0 Å². The van der Waals surface area contributed by atoms with Crippen LogP contribution in [0.2, 0.25) is 0 Å². The predicted octanol–water partition coefficient (Wildman–Crippen LogP) is 2.92. The van der Waals surface area contributed by atoms with E-state index in [4.69, 9.17) is 4.74 Å². The molecule has 0 radical (unpaired) electrons. The molecule has 2 saturated heterocycles. The number of hydrogen-bond donors (Lipinski definition) is 0. The molecular formula is C14H27NO. The number of ether oxygens (including phenoxy) is 1. The fourth-order valence-corrected chi connectivity index (χ4v) is 3.62. The third kappa shape index (κ3) is 2.43. The molecule has 2 heteroatoms. The summed E-state index contributed by atoms with van der Waals surface area (Å²) < 4.78 is 5.28. The Hall–Kier alpha value is -0.0800. The van der Waals surface area contributed by atoms with E-state index in [0.717, 1.165) is 25.0 Å². The second kappa shape index (κ2) is 3.99. The van der Waals surface area contributed by atoms with E-state index in [1.165, 1.54) is 19.4 Å². The highest BCUT2D eigenvalue weighted by molar-refractivity contribution is 4.98. The van der Waals surface area contributed by atoms with Gasteiger partial charge in [-0.3, -0.25) is 4.90 Å². The molecule has 94 valence electrons. The second-order valence-corrected chi connectivity index (χ2v) is 7.30. The standard InChI is InChI=1S/C14H27NO/c1-13(2,3)15-8-11(7-14(15,4)5)6-12-9-16-10-12/h11-12H,6-10H2,1-5H3/t11-/m0/s1. The summed E-state index contributed by atoms with van der Waals surface area (Å²) in [6, 6.07) is 0. The molecule has 16 heavy (non-hydrogen) atoms. The van der Waals surface area contributed by atoms with E-state index in [1.807, 2.05) is 0 Å². The van der Waals surface area contributed by atoms with Crippen LogP contribution in [0.5, 0.6) is 0 Å². The summed E-state index contributed by atoms with van der Waals surface area (Å²) in [6.45, 7) is 15.1. The zero-order chi connectivity index (χ0) is 12.0. The van der Waals surface area contributed by atoms with Crippen molar-refractivity contribution in [2.24, 2.45) is 11.8 Å². The summed E-state index contributed by atoms with van der Waals surface area (Å²) in [5, 5.41) is 0. The van der Waals surface area contributed by atoms with Gasteiger partial charge in [-0.2, -0.15) is 0 Å². The Morgan fingerprint density at radius 2 is 1.81 bits per heavy atom. The van der Waals surface area contributed by atoms with E-state index in [2.05, 4.69) is 39.5 Å². The Balaban J connectivity index is 1.96. The maximum Gasteiger partial charge on any atom is 0.0516 e. The van der Waals surface area contributed by atoms with Crippen LogP contribution in [0.15, 0.2) is 0 Å². The SMILES string of the molecule is CC(C)(C)N1C[C@@H](CC2COC2)CC1(C)C. The third-order valence-corrected chi connectivity index (χ3v) is 4.14. The molecule has 0 bridgehead atoms. The first kappa shape index (κ1) is 12.4. The smallest absolute Gasteiger partial charge is 0.0516 e. The summed E-state index contributed by atoms with van der Waals surface area (Å²) in [6.07, 6.45) is 2.72. The van der Waals surface area contributed by atoms with Gasteiger partial charge in [0.15, 0.2) is 0 Å². The van der Waals surface area contributed by atoms with Crippen LogP contribution < -0.4 is 0 Å². The monoisotopic (exact) mass is 225 g/mol. The minimum Gasteiger partial charge on any atom is -0.381 e. The first-order chi connectivity index (χ1) is 7.29. The Kier molecular flexibility index (Phi) is 3.09. The topological polar surface area (TPSA) is 12.5 Å². The Morgan fingerprint density at radius 3 is 2.19 bits per heavy atom. The van der Waals surface area contributed by atoms with Crippen molar-refractivity contribution in [2.75, 3.05) is 19.8 Å². The highest BCUT2D eigenvalue weighted by Gasteiger charge is 2.44. The molecule has 0 aromatic rings. The van der Waals surface area contributed by atoms with Crippen molar-refractivity contribution in [3.8, 4) is 0 Å². The fourth-order valence-electron chi connectivity index (χ4n) is 3.62. The molecule has 2 aliphatic rings. The lowest BCUT2D eigenvalue weighted by atomic mass is 9.88. The molecule has 2 rings (SSSR count). The van der Waals surface area contributed by atoms with Crippen molar-refractivity contribution in [1.82, 2.24) is 4.90 Å². The maximum absolute atomic E-state index is 5.28. The van der Waals surface area contributed by atoms with Crippen LogP contribution in [-0.2, 0) is 4.74 Å². The normalized spacial score (nSPS) is 31.7. The average Bonchev–Trinajstić information content (AvgIpc) is 2.32. The molecule has 0 aromatic heterocycles. The van der Waals surface area contributed by atoms with Gasteiger partial charge in [-0.15, -0.1) is 0 Å². The van der Waals surface area contributed by atoms with E-state index < -0.39 is 0 Å². The van der Waals surface area contributed by atoms with Gasteiger partial charge >= 0.3 is 0 Å². The minimum absolute atomic E-state index is 0.300. The summed E-state index contributed by atoms with van der Waals surface area (Å²) >= 11 is 0. The van der Waals surface area contributed by atoms with Crippen LogP contribution in [0.1, 0.15) is 47.5 Å². The van der Waals surface area contributed by atoms with Crippen LogP contribution in [0.4, 0.5) is 0 Å². The summed E-state index contributed by atoms with van der Waals surface area (Å²) in [5.74, 6) is 1.73. The van der Waals surface area contributed by atoms with Crippen molar-refractivity contribution < 1.29 is 4.74 Å². The van der Waals surface area contributed by atoms with Gasteiger partial charge in [-0.1, -0.05) is 0 Å². The van der Waals surface area contributed by atoms with Crippen LogP contribution >= 0.6 is 0 Å². The van der Waals surface area contributed by atoms with E-state index in [0.29, 0.717) is 11.1 Å². The molecule has 2 aliphatic heterocycles.